The number of hydrogen-bond donors (Lipinski definition) is 2. The van der Waals surface area contributed by atoms with Gasteiger partial charge >= 0.3 is 0 Å². The zero-order chi connectivity index (χ0) is 14.3. The summed E-state index contributed by atoms with van der Waals surface area (Å²) in [6, 6.07) is 12.1. The van der Waals surface area contributed by atoms with Crippen LogP contribution in [0.3, 0.4) is 0 Å². The Morgan fingerprint density at radius 3 is 2.71 bits per heavy atom. The first-order valence-corrected chi connectivity index (χ1v) is 7.38. The lowest BCUT2D eigenvalue weighted by molar-refractivity contribution is -0.0326. The summed E-state index contributed by atoms with van der Waals surface area (Å²) in [5, 5.41) is 10.4. The Hall–Kier alpha value is -2.14. The molecule has 2 fully saturated rings. The molecule has 0 unspecified atom stereocenters. The molecule has 2 N–H and O–H groups in total. The number of carbonyl (C=O) groups excluding carboxylic acids is 1. The molecule has 1 aromatic heterocycles. The minimum absolute atomic E-state index is 0.0540. The minimum atomic E-state index is 0.0540. The van der Waals surface area contributed by atoms with Crippen LogP contribution in [-0.4, -0.2) is 46.2 Å². The van der Waals surface area contributed by atoms with Gasteiger partial charge in [-0.3, -0.25) is 9.89 Å². The molecule has 0 radical (unpaired) electrons. The van der Waals surface area contributed by atoms with Crippen molar-refractivity contribution in [3.05, 3.63) is 53.3 Å². The maximum atomic E-state index is 12.5. The predicted octanol–water partition coefficient (Wildman–Crippen LogP) is 1.19. The zero-order valence-corrected chi connectivity index (χ0v) is 11.8. The van der Waals surface area contributed by atoms with Crippen LogP contribution in [0.1, 0.15) is 28.2 Å². The highest BCUT2D eigenvalue weighted by Crippen LogP contribution is 2.35. The highest BCUT2D eigenvalue weighted by atomic mass is 16.2. The first-order chi connectivity index (χ1) is 10.3. The molecule has 2 aliphatic heterocycles. The third kappa shape index (κ3) is 2.05. The quantitative estimate of drug-likeness (QED) is 0.889. The standard InChI is InChI=1S/C16H18N4O/c21-15(20-7-6-16(20)10-17-11-16)14-9-13(18-19-14)8-12-4-2-1-3-5-12/h1-5,9,17H,6-8,10-11H2,(H,18,19). The molecule has 2 aromatic rings. The lowest BCUT2D eigenvalue weighted by Crippen LogP contribution is -2.77. The molecule has 3 heterocycles. The predicted molar refractivity (Wildman–Crippen MR) is 79.1 cm³/mol. The van der Waals surface area contributed by atoms with Crippen LogP contribution < -0.4 is 5.32 Å². The number of nitrogens with one attached hydrogen (secondary N) is 2. The minimum Gasteiger partial charge on any atom is -0.329 e. The molecule has 0 atom stereocenters. The molecule has 0 saturated carbocycles. The SMILES string of the molecule is O=C(c1cc(Cc2ccccc2)[nH]n1)N1CCC12CNC2. The highest BCUT2D eigenvalue weighted by Gasteiger charge is 2.51. The van der Waals surface area contributed by atoms with E-state index in [0.29, 0.717) is 5.69 Å². The molecule has 0 bridgehead atoms. The number of aromatic nitrogens is 2. The number of carbonyl (C=O) groups is 1. The second-order valence-electron chi connectivity index (χ2n) is 5.98. The van der Waals surface area contributed by atoms with Crippen LogP contribution in [0.5, 0.6) is 0 Å². The number of amides is 1. The van der Waals surface area contributed by atoms with Crippen molar-refractivity contribution in [1.29, 1.82) is 0 Å². The summed E-state index contributed by atoms with van der Waals surface area (Å²) in [5.74, 6) is 0.0540. The average Bonchev–Trinajstić information content (AvgIpc) is 2.85. The van der Waals surface area contributed by atoms with Crippen LogP contribution in [0.15, 0.2) is 36.4 Å². The van der Waals surface area contributed by atoms with Gasteiger partial charge < -0.3 is 10.2 Å². The van der Waals surface area contributed by atoms with Crippen molar-refractivity contribution in [2.75, 3.05) is 19.6 Å². The molecule has 0 aliphatic carbocycles. The number of hydrogen-bond acceptors (Lipinski definition) is 3. The van der Waals surface area contributed by atoms with Gasteiger partial charge in [-0.25, -0.2) is 0 Å². The number of nitrogens with zero attached hydrogens (tertiary/aromatic N) is 2. The van der Waals surface area contributed by atoms with Crippen molar-refractivity contribution in [3.63, 3.8) is 0 Å². The van der Waals surface area contributed by atoms with Crippen molar-refractivity contribution in [2.45, 2.75) is 18.4 Å². The molecule has 5 nitrogen and oxygen atoms in total. The van der Waals surface area contributed by atoms with Crippen molar-refractivity contribution < 1.29 is 4.79 Å². The Morgan fingerprint density at radius 1 is 1.29 bits per heavy atom. The van der Waals surface area contributed by atoms with E-state index in [2.05, 4.69) is 27.6 Å². The fourth-order valence-electron chi connectivity index (χ4n) is 3.15. The van der Waals surface area contributed by atoms with E-state index in [4.69, 9.17) is 0 Å². The van der Waals surface area contributed by atoms with Crippen molar-refractivity contribution in [2.24, 2.45) is 0 Å². The third-order valence-corrected chi connectivity index (χ3v) is 4.61. The lowest BCUT2D eigenvalue weighted by atomic mass is 9.79. The van der Waals surface area contributed by atoms with Crippen LogP contribution in [0.25, 0.3) is 0 Å². The van der Waals surface area contributed by atoms with E-state index in [1.165, 1.54) is 5.56 Å². The van der Waals surface area contributed by atoms with Gasteiger partial charge in [0.2, 0.25) is 0 Å². The van der Waals surface area contributed by atoms with E-state index in [-0.39, 0.29) is 11.4 Å². The molecule has 1 amide bonds. The summed E-state index contributed by atoms with van der Waals surface area (Å²) in [6.07, 6.45) is 1.88. The molecule has 108 valence electrons. The third-order valence-electron chi connectivity index (χ3n) is 4.61. The molecule has 1 aromatic carbocycles. The van der Waals surface area contributed by atoms with Gasteiger partial charge in [-0.2, -0.15) is 5.10 Å². The van der Waals surface area contributed by atoms with E-state index in [1.807, 2.05) is 29.2 Å². The van der Waals surface area contributed by atoms with Gasteiger partial charge in [-0.15, -0.1) is 0 Å². The second kappa shape index (κ2) is 4.70. The van der Waals surface area contributed by atoms with Crippen LogP contribution in [0.2, 0.25) is 0 Å². The van der Waals surface area contributed by atoms with Gasteiger partial charge in [0.15, 0.2) is 0 Å². The Morgan fingerprint density at radius 2 is 2.10 bits per heavy atom. The Labute approximate surface area is 123 Å². The van der Waals surface area contributed by atoms with Gasteiger partial charge in [-0.1, -0.05) is 30.3 Å². The van der Waals surface area contributed by atoms with E-state index in [0.717, 1.165) is 38.2 Å². The van der Waals surface area contributed by atoms with Crippen molar-refractivity contribution >= 4 is 5.91 Å². The van der Waals surface area contributed by atoms with E-state index < -0.39 is 0 Å². The maximum absolute atomic E-state index is 12.5. The molecule has 2 aliphatic rings. The molecule has 21 heavy (non-hydrogen) atoms. The number of rotatable bonds is 3. The van der Waals surface area contributed by atoms with Gasteiger partial charge in [0, 0.05) is 31.7 Å². The van der Waals surface area contributed by atoms with Crippen LogP contribution in [-0.2, 0) is 6.42 Å². The number of likely N-dealkylation sites (tertiary alicyclic amines) is 1. The molecule has 5 heteroatoms. The summed E-state index contributed by atoms with van der Waals surface area (Å²) in [5.41, 5.74) is 2.80. The van der Waals surface area contributed by atoms with Crippen LogP contribution >= 0.6 is 0 Å². The average molecular weight is 282 g/mol. The fourth-order valence-corrected chi connectivity index (χ4v) is 3.15. The van der Waals surface area contributed by atoms with Gasteiger partial charge in [0.05, 0.1) is 5.54 Å². The summed E-state index contributed by atoms with van der Waals surface area (Å²) >= 11 is 0. The largest absolute Gasteiger partial charge is 0.329 e. The maximum Gasteiger partial charge on any atom is 0.274 e. The second-order valence-corrected chi connectivity index (χ2v) is 5.98. The normalized spacial score (nSPS) is 19.1. The summed E-state index contributed by atoms with van der Waals surface area (Å²) < 4.78 is 0. The van der Waals surface area contributed by atoms with Crippen LogP contribution in [0, 0.1) is 0 Å². The lowest BCUT2D eigenvalue weighted by Gasteiger charge is -2.58. The van der Waals surface area contributed by atoms with Crippen molar-refractivity contribution in [3.8, 4) is 0 Å². The first kappa shape index (κ1) is 12.6. The fraction of sp³-hybridized carbons (Fsp3) is 0.375. The number of benzene rings is 1. The van der Waals surface area contributed by atoms with Gasteiger partial charge in [0.1, 0.15) is 5.69 Å². The summed E-state index contributed by atoms with van der Waals surface area (Å²) in [6.45, 7) is 2.68. The molecular weight excluding hydrogens is 264 g/mol. The van der Waals surface area contributed by atoms with Crippen molar-refractivity contribution in [1.82, 2.24) is 20.4 Å². The molecule has 1 spiro atoms. The Bertz CT molecular complexity index is 654. The van der Waals surface area contributed by atoms with E-state index in [9.17, 15) is 4.79 Å². The smallest absolute Gasteiger partial charge is 0.274 e. The van der Waals surface area contributed by atoms with Gasteiger partial charge in [-0.05, 0) is 18.1 Å². The summed E-state index contributed by atoms with van der Waals surface area (Å²) in [7, 11) is 0. The molecule has 2 saturated heterocycles. The number of aromatic amines is 1. The topological polar surface area (TPSA) is 61.0 Å². The first-order valence-electron chi connectivity index (χ1n) is 7.38. The van der Waals surface area contributed by atoms with Gasteiger partial charge in [0.25, 0.3) is 5.91 Å². The summed E-state index contributed by atoms with van der Waals surface area (Å²) in [4.78, 5) is 14.5. The molecule has 4 rings (SSSR count). The Kier molecular flexibility index (Phi) is 2.82. The van der Waals surface area contributed by atoms with E-state index >= 15 is 0 Å². The van der Waals surface area contributed by atoms with Crippen LogP contribution in [0.4, 0.5) is 0 Å². The zero-order valence-electron chi connectivity index (χ0n) is 11.8. The Balaban J connectivity index is 1.48. The highest BCUT2D eigenvalue weighted by molar-refractivity contribution is 5.93. The number of H-pyrrole nitrogens is 1. The monoisotopic (exact) mass is 282 g/mol. The van der Waals surface area contributed by atoms with E-state index in [1.54, 1.807) is 0 Å². The molecular formula is C16H18N4O.